The zero-order valence-corrected chi connectivity index (χ0v) is 17.8. The van der Waals surface area contributed by atoms with Crippen LogP contribution in [0.25, 0.3) is 11.1 Å². The lowest BCUT2D eigenvalue weighted by Crippen LogP contribution is -2.49. The molecule has 2 aromatic rings. The van der Waals surface area contributed by atoms with Gasteiger partial charge in [0.15, 0.2) is 0 Å². The van der Waals surface area contributed by atoms with Crippen molar-refractivity contribution in [3.63, 3.8) is 0 Å². The first-order chi connectivity index (χ1) is 13.0. The van der Waals surface area contributed by atoms with Crippen molar-refractivity contribution in [3.05, 3.63) is 69.2 Å². The second-order valence-electron chi connectivity index (χ2n) is 7.08. The van der Waals surface area contributed by atoms with Gasteiger partial charge in [-0.2, -0.15) is 5.26 Å². The Labute approximate surface area is 174 Å². The first-order valence-corrected chi connectivity index (χ1v) is 10.3. The van der Waals surface area contributed by atoms with Crippen molar-refractivity contribution in [2.24, 2.45) is 0 Å². The maximum absolute atomic E-state index is 10.6. The molecular formula is C22H24IN3O. The van der Waals surface area contributed by atoms with E-state index in [1.54, 1.807) is 0 Å². The van der Waals surface area contributed by atoms with Gasteiger partial charge in [0.2, 0.25) is 5.88 Å². The molecule has 1 unspecified atom stereocenters. The molecule has 2 aromatic carbocycles. The molecule has 27 heavy (non-hydrogen) atoms. The fourth-order valence-electron chi connectivity index (χ4n) is 3.48. The van der Waals surface area contributed by atoms with E-state index in [0.717, 1.165) is 39.7 Å². The monoisotopic (exact) mass is 473 g/mol. The summed E-state index contributed by atoms with van der Waals surface area (Å²) in [4.78, 5) is 2.04. The Balaban J connectivity index is 1.82. The average Bonchev–Trinajstić information content (AvgIpc) is 2.90. The van der Waals surface area contributed by atoms with Gasteiger partial charge in [0.05, 0.1) is 11.6 Å². The number of nitriles is 1. The van der Waals surface area contributed by atoms with E-state index in [2.05, 4.69) is 60.0 Å². The summed E-state index contributed by atoms with van der Waals surface area (Å²) < 4.78 is 0.797. The molecule has 0 saturated heterocycles. The van der Waals surface area contributed by atoms with Crippen LogP contribution in [-0.4, -0.2) is 15.7 Å². The van der Waals surface area contributed by atoms with Crippen LogP contribution in [0.15, 0.2) is 58.1 Å². The third kappa shape index (κ3) is 4.06. The van der Waals surface area contributed by atoms with Gasteiger partial charge in [-0.15, -0.1) is 0 Å². The smallest absolute Gasteiger partial charge is 0.219 e. The largest absolute Gasteiger partial charge is 0.493 e. The molecule has 140 valence electrons. The number of nitrogens with one attached hydrogen (secondary N) is 1. The van der Waals surface area contributed by atoms with E-state index < -0.39 is 0 Å². The van der Waals surface area contributed by atoms with Gasteiger partial charge in [-0.1, -0.05) is 55.8 Å². The Morgan fingerprint density at radius 2 is 1.89 bits per heavy atom. The number of hydrogen-bond acceptors (Lipinski definition) is 4. The van der Waals surface area contributed by atoms with Gasteiger partial charge in [0.1, 0.15) is 9.37 Å². The van der Waals surface area contributed by atoms with Crippen LogP contribution in [0.1, 0.15) is 44.2 Å². The molecule has 2 N–H and O–H groups in total. The summed E-state index contributed by atoms with van der Waals surface area (Å²) in [5.74, 6) is 0.313. The van der Waals surface area contributed by atoms with Crippen molar-refractivity contribution in [1.82, 2.24) is 10.2 Å². The summed E-state index contributed by atoms with van der Waals surface area (Å²) in [6.45, 7) is 4.95. The molecule has 0 aliphatic carbocycles. The van der Waals surface area contributed by atoms with E-state index in [9.17, 15) is 10.4 Å². The molecule has 1 aliphatic rings. The van der Waals surface area contributed by atoms with Gasteiger partial charge in [-0.25, -0.2) is 0 Å². The van der Waals surface area contributed by atoms with Crippen molar-refractivity contribution in [2.45, 2.75) is 45.3 Å². The SMILES string of the molecule is CCCCC1(C)NC(I)=C(O)N1Cc1ccc(-c2ccccc2C#N)cc1. The Kier molecular flexibility index (Phi) is 5.95. The van der Waals surface area contributed by atoms with Crippen LogP contribution in [0.2, 0.25) is 0 Å². The number of rotatable bonds is 6. The van der Waals surface area contributed by atoms with Crippen LogP contribution < -0.4 is 5.32 Å². The molecule has 0 saturated carbocycles. The molecule has 0 aromatic heterocycles. The summed E-state index contributed by atoms with van der Waals surface area (Å²) in [5.41, 5.74) is 3.49. The van der Waals surface area contributed by atoms with Gasteiger partial charge >= 0.3 is 0 Å². The van der Waals surface area contributed by atoms with Crippen LogP contribution >= 0.6 is 22.6 Å². The molecule has 0 fully saturated rings. The van der Waals surface area contributed by atoms with Gasteiger partial charge in [-0.3, -0.25) is 0 Å². The third-order valence-corrected chi connectivity index (χ3v) is 5.85. The lowest BCUT2D eigenvalue weighted by Gasteiger charge is -2.37. The van der Waals surface area contributed by atoms with Gasteiger partial charge in [0.25, 0.3) is 0 Å². The summed E-state index contributed by atoms with van der Waals surface area (Å²) in [6, 6.07) is 18.1. The minimum absolute atomic E-state index is 0.275. The molecule has 0 bridgehead atoms. The van der Waals surface area contributed by atoms with Gasteiger partial charge in [0, 0.05) is 6.54 Å². The quantitative estimate of drug-likeness (QED) is 0.420. The second kappa shape index (κ2) is 8.22. The Morgan fingerprint density at radius 3 is 2.56 bits per heavy atom. The highest BCUT2D eigenvalue weighted by Gasteiger charge is 2.40. The van der Waals surface area contributed by atoms with Crippen molar-refractivity contribution >= 4 is 22.6 Å². The van der Waals surface area contributed by atoms with E-state index in [1.165, 1.54) is 0 Å². The molecule has 0 amide bonds. The van der Waals surface area contributed by atoms with Gasteiger partial charge < -0.3 is 15.3 Å². The van der Waals surface area contributed by atoms with Crippen LogP contribution in [0, 0.1) is 11.3 Å². The fourth-order valence-corrected chi connectivity index (χ4v) is 4.36. The van der Waals surface area contributed by atoms with Crippen molar-refractivity contribution in [2.75, 3.05) is 0 Å². The molecular weight excluding hydrogens is 449 g/mol. The summed E-state index contributed by atoms with van der Waals surface area (Å²) in [7, 11) is 0. The number of benzene rings is 2. The minimum atomic E-state index is -0.275. The number of aliphatic hydroxyl groups is 1. The first-order valence-electron chi connectivity index (χ1n) is 9.21. The van der Waals surface area contributed by atoms with Crippen LogP contribution in [0.5, 0.6) is 0 Å². The molecule has 5 heteroatoms. The van der Waals surface area contributed by atoms with Crippen molar-refractivity contribution in [1.29, 1.82) is 5.26 Å². The van der Waals surface area contributed by atoms with E-state index >= 15 is 0 Å². The van der Waals surface area contributed by atoms with Crippen LogP contribution in [-0.2, 0) is 6.54 Å². The summed E-state index contributed by atoms with van der Waals surface area (Å²) >= 11 is 2.16. The number of hydrogen-bond donors (Lipinski definition) is 2. The van der Waals surface area contributed by atoms with E-state index in [4.69, 9.17) is 0 Å². The maximum Gasteiger partial charge on any atom is 0.219 e. The first kappa shape index (κ1) is 19.6. The summed E-state index contributed by atoms with van der Waals surface area (Å²) in [5, 5.41) is 23.3. The van der Waals surface area contributed by atoms with E-state index in [0.29, 0.717) is 18.0 Å². The highest BCUT2D eigenvalue weighted by Crippen LogP contribution is 2.35. The second-order valence-corrected chi connectivity index (χ2v) is 8.16. The van der Waals surface area contributed by atoms with Crippen LogP contribution in [0.3, 0.4) is 0 Å². The van der Waals surface area contributed by atoms with Crippen molar-refractivity contribution in [3.8, 4) is 17.2 Å². The fraction of sp³-hybridized carbons (Fsp3) is 0.318. The van der Waals surface area contributed by atoms with Crippen molar-refractivity contribution < 1.29 is 5.11 Å². The zero-order chi connectivity index (χ0) is 19.4. The van der Waals surface area contributed by atoms with Crippen LogP contribution in [0.4, 0.5) is 0 Å². The lowest BCUT2D eigenvalue weighted by atomic mass is 9.98. The number of nitrogens with zero attached hydrogens (tertiary/aromatic N) is 2. The highest BCUT2D eigenvalue weighted by molar-refractivity contribution is 14.1. The predicted octanol–water partition coefficient (Wildman–Crippen LogP) is 5.66. The Morgan fingerprint density at radius 1 is 1.19 bits per heavy atom. The molecule has 3 rings (SSSR count). The van der Waals surface area contributed by atoms with E-state index in [-0.39, 0.29) is 5.66 Å². The van der Waals surface area contributed by atoms with E-state index in [1.807, 2.05) is 41.3 Å². The molecule has 0 radical (unpaired) electrons. The number of halogens is 1. The molecule has 1 heterocycles. The van der Waals surface area contributed by atoms with Gasteiger partial charge in [-0.05, 0) is 65.1 Å². The topological polar surface area (TPSA) is 59.3 Å². The average molecular weight is 473 g/mol. The molecule has 1 aliphatic heterocycles. The lowest BCUT2D eigenvalue weighted by molar-refractivity contribution is 0.0773. The Hall–Kier alpha value is -2.20. The molecule has 4 nitrogen and oxygen atoms in total. The standard InChI is InChI=1S/C22H24IN3O/c1-3-4-13-22(2)25-20(23)21(27)26(22)15-16-9-11-17(12-10-16)19-8-6-5-7-18(19)14-24/h5-12,25,27H,3-4,13,15H2,1-2H3. The zero-order valence-electron chi connectivity index (χ0n) is 15.7. The number of unbranched alkanes of at least 4 members (excludes halogenated alkanes) is 1. The number of aliphatic hydroxyl groups excluding tert-OH is 1. The predicted molar refractivity (Wildman–Crippen MR) is 117 cm³/mol. The third-order valence-electron chi connectivity index (χ3n) is 5.10. The normalized spacial score (nSPS) is 19.1. The summed E-state index contributed by atoms with van der Waals surface area (Å²) in [6.07, 6.45) is 3.18. The molecule has 1 atom stereocenters. The Bertz CT molecular complexity index is 885. The highest BCUT2D eigenvalue weighted by atomic mass is 127. The maximum atomic E-state index is 10.6. The molecule has 0 spiro atoms. The minimum Gasteiger partial charge on any atom is -0.493 e.